The number of ether oxygens (including phenoxy) is 1. The topological polar surface area (TPSA) is 123 Å². The van der Waals surface area contributed by atoms with Crippen molar-refractivity contribution in [2.75, 3.05) is 4.90 Å². The lowest BCUT2D eigenvalue weighted by molar-refractivity contribution is -0.139. The van der Waals surface area contributed by atoms with Crippen LogP contribution in [0.2, 0.25) is 0 Å². The second kappa shape index (κ2) is 10.6. The third-order valence-electron chi connectivity index (χ3n) is 5.83. The van der Waals surface area contributed by atoms with Crippen LogP contribution in [0, 0.1) is 5.82 Å². The fourth-order valence-electron chi connectivity index (χ4n) is 3.88. The molecule has 10 nitrogen and oxygen atoms in total. The largest absolute Gasteiger partial charge is 0.478 e. The van der Waals surface area contributed by atoms with Crippen molar-refractivity contribution < 1.29 is 37.0 Å². The third kappa shape index (κ3) is 5.78. The number of carbonyl (C=O) groups is 2. The summed E-state index contributed by atoms with van der Waals surface area (Å²) in [4.78, 5) is 35.4. The highest BCUT2D eigenvalue weighted by Gasteiger charge is 2.39. The zero-order valence-corrected chi connectivity index (χ0v) is 21.7. The van der Waals surface area contributed by atoms with Gasteiger partial charge in [0.15, 0.2) is 11.6 Å². The molecule has 1 fully saturated rings. The summed E-state index contributed by atoms with van der Waals surface area (Å²) in [7, 11) is 0. The minimum atomic E-state index is -4.94. The van der Waals surface area contributed by atoms with Crippen LogP contribution in [0.1, 0.15) is 44.8 Å². The summed E-state index contributed by atoms with van der Waals surface area (Å²) in [5.74, 6) is -5.20. The molecule has 0 radical (unpaired) electrons. The zero-order chi connectivity index (χ0) is 28.6. The van der Waals surface area contributed by atoms with E-state index in [9.17, 15) is 27.9 Å². The molecule has 0 unspecified atom stereocenters. The highest BCUT2D eigenvalue weighted by molar-refractivity contribution is 9.10. The average Bonchev–Trinajstić information content (AvgIpc) is 3.60. The molecule has 206 valence electrons. The molecule has 0 atom stereocenters. The van der Waals surface area contributed by atoms with Crippen LogP contribution in [0.5, 0.6) is 11.6 Å². The van der Waals surface area contributed by atoms with Gasteiger partial charge in [-0.1, -0.05) is 0 Å². The number of halogens is 5. The number of hydrogen-bond donors (Lipinski definition) is 1. The van der Waals surface area contributed by atoms with Crippen molar-refractivity contribution in [2.45, 2.75) is 31.6 Å². The normalized spacial score (nSPS) is 13.2. The summed E-state index contributed by atoms with van der Waals surface area (Å²) in [6, 6.07) is 4.83. The van der Waals surface area contributed by atoms with E-state index in [0.717, 1.165) is 34.1 Å². The molecular weight excluding hydrogens is 604 g/mol. The molecule has 1 N–H and O–H groups in total. The molecular formula is C25H17BrF4N6O4. The van der Waals surface area contributed by atoms with Gasteiger partial charge in [-0.05, 0) is 52.5 Å². The van der Waals surface area contributed by atoms with E-state index in [0.29, 0.717) is 17.3 Å². The van der Waals surface area contributed by atoms with Crippen molar-refractivity contribution >= 4 is 33.5 Å². The first-order valence-electron chi connectivity index (χ1n) is 11.6. The number of carboxylic acid groups (broad SMARTS) is 1. The summed E-state index contributed by atoms with van der Waals surface area (Å²) >= 11 is 3.22. The molecule has 5 rings (SSSR count). The summed E-state index contributed by atoms with van der Waals surface area (Å²) < 4.78 is 62.7. The molecule has 3 aromatic heterocycles. The molecule has 0 bridgehead atoms. The van der Waals surface area contributed by atoms with Gasteiger partial charge in [0.1, 0.15) is 11.3 Å². The Morgan fingerprint density at radius 2 is 1.82 bits per heavy atom. The van der Waals surface area contributed by atoms with Crippen molar-refractivity contribution in [1.29, 1.82) is 0 Å². The molecule has 1 saturated carbocycles. The van der Waals surface area contributed by atoms with Crippen LogP contribution in [-0.2, 0) is 12.7 Å². The molecule has 1 aliphatic carbocycles. The van der Waals surface area contributed by atoms with Crippen molar-refractivity contribution in [3.05, 3.63) is 87.8 Å². The lowest BCUT2D eigenvalue weighted by Crippen LogP contribution is -2.35. The molecule has 1 aromatic carbocycles. The molecule has 0 saturated heterocycles. The molecule has 0 spiro atoms. The van der Waals surface area contributed by atoms with Gasteiger partial charge in [-0.2, -0.15) is 28.2 Å². The van der Waals surface area contributed by atoms with Crippen molar-refractivity contribution in [2.24, 2.45) is 0 Å². The van der Waals surface area contributed by atoms with E-state index < -0.39 is 52.7 Å². The zero-order valence-electron chi connectivity index (χ0n) is 20.1. The number of alkyl halides is 3. The number of carboxylic acids is 1. The van der Waals surface area contributed by atoms with E-state index in [1.54, 1.807) is 6.07 Å². The monoisotopic (exact) mass is 620 g/mol. The van der Waals surface area contributed by atoms with Crippen LogP contribution < -0.4 is 9.64 Å². The SMILES string of the molecule is O=C(O)c1cc(Oc2ncc(Cn3nccn3)cc2C(F)(F)F)c(F)cc1N(C(=O)c1ccc(Br)cn1)C1CC1. The van der Waals surface area contributed by atoms with Crippen LogP contribution in [0.3, 0.4) is 0 Å². The van der Waals surface area contributed by atoms with Crippen LogP contribution in [0.25, 0.3) is 0 Å². The van der Waals surface area contributed by atoms with E-state index in [1.165, 1.54) is 24.7 Å². The van der Waals surface area contributed by atoms with Crippen LogP contribution in [0.4, 0.5) is 23.2 Å². The number of nitrogens with zero attached hydrogens (tertiary/aromatic N) is 6. The minimum absolute atomic E-state index is 0.00315. The van der Waals surface area contributed by atoms with Gasteiger partial charge >= 0.3 is 12.1 Å². The molecule has 40 heavy (non-hydrogen) atoms. The molecule has 1 aliphatic rings. The van der Waals surface area contributed by atoms with E-state index >= 15 is 4.39 Å². The summed E-state index contributed by atoms with van der Waals surface area (Å²) in [6.07, 6.45) is 1.33. The first-order valence-corrected chi connectivity index (χ1v) is 12.4. The maximum absolute atomic E-state index is 15.3. The fourth-order valence-corrected chi connectivity index (χ4v) is 4.12. The molecule has 1 amide bonds. The second-order valence-electron chi connectivity index (χ2n) is 8.73. The van der Waals surface area contributed by atoms with E-state index in [1.807, 2.05) is 0 Å². The van der Waals surface area contributed by atoms with E-state index in [2.05, 4.69) is 36.1 Å². The molecule has 4 aromatic rings. The van der Waals surface area contributed by atoms with Crippen molar-refractivity contribution in [3.8, 4) is 11.6 Å². The quantitative estimate of drug-likeness (QED) is 0.262. The van der Waals surface area contributed by atoms with Gasteiger partial charge in [-0.3, -0.25) is 4.79 Å². The number of pyridine rings is 2. The lowest BCUT2D eigenvalue weighted by Gasteiger charge is -2.24. The fraction of sp³-hybridized carbons (Fsp3) is 0.200. The number of hydrogen-bond acceptors (Lipinski definition) is 7. The predicted molar refractivity (Wildman–Crippen MR) is 134 cm³/mol. The summed E-state index contributed by atoms with van der Waals surface area (Å²) in [6.45, 7) is -0.117. The van der Waals surface area contributed by atoms with Crippen molar-refractivity contribution in [1.82, 2.24) is 25.0 Å². The van der Waals surface area contributed by atoms with Gasteiger partial charge < -0.3 is 14.7 Å². The molecule has 15 heteroatoms. The lowest BCUT2D eigenvalue weighted by atomic mass is 10.1. The standard InChI is InChI=1S/C25H17BrF4N6O4/c26-14-1-4-19(31-11-14)23(37)36(15-2-3-15)20-9-18(27)21(8-16(20)24(38)39)40-22-17(25(28,29)30)7-13(10-32-22)12-35-33-5-6-34-35/h1,4-11,15H,2-3,12H2,(H,38,39). The maximum atomic E-state index is 15.3. The van der Waals surface area contributed by atoms with E-state index in [4.69, 9.17) is 4.74 Å². The third-order valence-corrected chi connectivity index (χ3v) is 6.30. The molecule has 3 heterocycles. The second-order valence-corrected chi connectivity index (χ2v) is 9.64. The summed E-state index contributed by atoms with van der Waals surface area (Å²) in [5, 5.41) is 17.5. The van der Waals surface area contributed by atoms with Gasteiger partial charge in [0, 0.05) is 35.0 Å². The Kier molecular flexibility index (Phi) is 7.23. The highest BCUT2D eigenvalue weighted by atomic mass is 79.9. The average molecular weight is 621 g/mol. The highest BCUT2D eigenvalue weighted by Crippen LogP contribution is 2.41. The van der Waals surface area contributed by atoms with Gasteiger partial charge in [0.25, 0.3) is 5.91 Å². The van der Waals surface area contributed by atoms with E-state index in [-0.39, 0.29) is 23.5 Å². The smallest absolute Gasteiger partial charge is 0.421 e. The maximum Gasteiger partial charge on any atom is 0.421 e. The van der Waals surface area contributed by atoms with Crippen LogP contribution in [-0.4, -0.2) is 48.0 Å². The van der Waals surface area contributed by atoms with Gasteiger partial charge in [-0.15, -0.1) is 0 Å². The molecule has 0 aliphatic heterocycles. The van der Waals surface area contributed by atoms with Crippen LogP contribution in [0.15, 0.2) is 59.6 Å². The first kappa shape index (κ1) is 27.2. The predicted octanol–water partition coefficient (Wildman–Crippen LogP) is 5.34. The number of rotatable bonds is 8. The number of benzene rings is 1. The number of anilines is 1. The number of amides is 1. The summed E-state index contributed by atoms with van der Waals surface area (Å²) in [5.41, 5.74) is -2.05. The Hall–Kier alpha value is -4.40. The van der Waals surface area contributed by atoms with Crippen LogP contribution >= 0.6 is 15.9 Å². The Morgan fingerprint density at radius 3 is 2.42 bits per heavy atom. The Morgan fingerprint density at radius 1 is 1.10 bits per heavy atom. The first-order chi connectivity index (χ1) is 19.0. The number of aromatic carboxylic acids is 1. The number of carbonyl (C=O) groups excluding carboxylic acids is 1. The van der Waals surface area contributed by atoms with Gasteiger partial charge in [0.05, 0.1) is 30.2 Å². The Labute approximate surface area is 231 Å². The minimum Gasteiger partial charge on any atom is -0.478 e. The van der Waals surface area contributed by atoms with Gasteiger partial charge in [0.2, 0.25) is 5.88 Å². The Bertz CT molecular complexity index is 1580. The van der Waals surface area contributed by atoms with Gasteiger partial charge in [-0.25, -0.2) is 19.2 Å². The van der Waals surface area contributed by atoms with Crippen molar-refractivity contribution in [3.63, 3.8) is 0 Å². The number of aromatic nitrogens is 5. The Balaban J connectivity index is 1.51.